The number of hydrogen-bond donors (Lipinski definition) is 2. The number of H-pyrrole nitrogens is 1. The number of nitrogens with one attached hydrogen (secondary N) is 2. The maximum Gasteiger partial charge on any atom is 0.371 e. The molecule has 0 unspecified atom stereocenters. The van der Waals surface area contributed by atoms with Crippen LogP contribution in [0.2, 0.25) is 0 Å². The molecule has 0 aliphatic carbocycles. The van der Waals surface area contributed by atoms with E-state index in [0.29, 0.717) is 31.0 Å². The lowest BCUT2D eigenvalue weighted by Gasteiger charge is -2.11. The van der Waals surface area contributed by atoms with Crippen LogP contribution in [0.1, 0.15) is 6.92 Å². The van der Waals surface area contributed by atoms with Gasteiger partial charge in [-0.2, -0.15) is 0 Å². The van der Waals surface area contributed by atoms with Crippen molar-refractivity contribution in [1.82, 2.24) is 15.0 Å². The highest BCUT2D eigenvalue weighted by atomic mass is 31.1. The van der Waals surface area contributed by atoms with Gasteiger partial charge in [0.1, 0.15) is 11.3 Å². The maximum absolute atomic E-state index is 11.4. The van der Waals surface area contributed by atoms with Gasteiger partial charge in [-0.3, -0.25) is 14.8 Å². The van der Waals surface area contributed by atoms with E-state index in [0.717, 1.165) is 16.1 Å². The number of benzene rings is 2. The van der Waals surface area contributed by atoms with Crippen LogP contribution in [-0.4, -0.2) is 33.8 Å². The molecule has 0 atom stereocenters. The molecular formula is C21H17N4O5P. The molecule has 4 aromatic rings. The second-order valence-corrected chi connectivity index (χ2v) is 6.67. The quantitative estimate of drug-likeness (QED) is 0.212. The fourth-order valence-electron chi connectivity index (χ4n) is 2.74. The summed E-state index contributed by atoms with van der Waals surface area (Å²) in [5.74, 6) is 0.374. The van der Waals surface area contributed by atoms with Gasteiger partial charge in [0.2, 0.25) is 6.29 Å². The molecule has 0 bridgehead atoms. The van der Waals surface area contributed by atoms with Crippen molar-refractivity contribution in [2.45, 2.75) is 6.92 Å². The summed E-state index contributed by atoms with van der Waals surface area (Å²) in [5.41, 5.74) is 0.561. The van der Waals surface area contributed by atoms with E-state index in [9.17, 15) is 14.4 Å². The van der Waals surface area contributed by atoms with Crippen molar-refractivity contribution in [2.75, 3.05) is 6.61 Å². The summed E-state index contributed by atoms with van der Waals surface area (Å²) < 4.78 is 10.2. The number of fused-ring (bicyclic) bond motifs is 2. The Balaban J connectivity index is 0.000000339. The number of aromatic nitrogens is 3. The smallest absolute Gasteiger partial charge is 0.371 e. The van der Waals surface area contributed by atoms with Gasteiger partial charge in [-0.1, -0.05) is 24.3 Å². The zero-order valence-electron chi connectivity index (χ0n) is 16.4. The number of carbonyl (C=O) groups excluding carboxylic acids is 2. The molecule has 156 valence electrons. The Morgan fingerprint density at radius 1 is 1.13 bits per heavy atom. The summed E-state index contributed by atoms with van der Waals surface area (Å²) in [6.07, 6.45) is 2.91. The van der Waals surface area contributed by atoms with E-state index in [2.05, 4.69) is 19.7 Å². The largest absolute Gasteiger partial charge is 0.460 e. The van der Waals surface area contributed by atoms with Crippen LogP contribution in [0.4, 0.5) is 0 Å². The summed E-state index contributed by atoms with van der Waals surface area (Å²) in [5, 5.41) is 10.4. The number of aldehydes is 1. The van der Waals surface area contributed by atoms with E-state index in [1.54, 1.807) is 19.2 Å². The normalized spacial score (nSPS) is 10.4. The molecular weight excluding hydrogens is 419 g/mol. The minimum absolute atomic E-state index is 0.142. The van der Waals surface area contributed by atoms with Crippen LogP contribution < -0.4 is 15.6 Å². The molecule has 2 heterocycles. The third-order valence-corrected chi connectivity index (χ3v) is 4.65. The molecule has 0 fully saturated rings. The van der Waals surface area contributed by atoms with Crippen molar-refractivity contribution in [3.63, 3.8) is 0 Å². The highest BCUT2D eigenvalue weighted by Gasteiger charge is 2.10. The fraction of sp³-hybridized carbons (Fsp3) is 0.0952. The second-order valence-electron chi connectivity index (χ2n) is 5.97. The van der Waals surface area contributed by atoms with Gasteiger partial charge in [-0.15, -0.1) is 0 Å². The number of nitrogens with zero attached hydrogens (tertiary/aromatic N) is 2. The Hall–Kier alpha value is -3.97. The van der Waals surface area contributed by atoms with E-state index < -0.39 is 5.97 Å². The second kappa shape index (κ2) is 10.2. The van der Waals surface area contributed by atoms with Gasteiger partial charge in [0, 0.05) is 31.3 Å². The molecule has 0 saturated carbocycles. The van der Waals surface area contributed by atoms with Gasteiger partial charge >= 0.3 is 5.97 Å². The zero-order chi connectivity index (χ0) is 22.2. The molecule has 0 aliphatic rings. The Kier molecular flexibility index (Phi) is 7.13. The van der Waals surface area contributed by atoms with E-state index in [1.807, 2.05) is 36.4 Å². The first-order valence-corrected chi connectivity index (χ1v) is 9.99. The molecule has 0 radical (unpaired) electrons. The van der Waals surface area contributed by atoms with Gasteiger partial charge in [-0.25, -0.2) is 14.8 Å². The monoisotopic (exact) mass is 436 g/mol. The van der Waals surface area contributed by atoms with Crippen molar-refractivity contribution < 1.29 is 19.1 Å². The van der Waals surface area contributed by atoms with E-state index in [1.165, 1.54) is 6.20 Å². The van der Waals surface area contributed by atoms with Crippen LogP contribution in [0.5, 0.6) is 11.5 Å². The number of rotatable bonds is 5. The topological polar surface area (TPSA) is 135 Å². The van der Waals surface area contributed by atoms with E-state index >= 15 is 0 Å². The van der Waals surface area contributed by atoms with Gasteiger partial charge < -0.3 is 14.5 Å². The summed E-state index contributed by atoms with van der Waals surface area (Å²) in [6, 6.07) is 13.2. The average Bonchev–Trinajstić information content (AvgIpc) is 2.80. The minimum atomic E-state index is -0.803. The van der Waals surface area contributed by atoms with Crippen LogP contribution >= 0.6 is 8.37 Å². The van der Waals surface area contributed by atoms with Crippen molar-refractivity contribution in [2.24, 2.45) is 0 Å². The first-order valence-electron chi connectivity index (χ1n) is 9.10. The minimum Gasteiger partial charge on any atom is -0.460 e. The van der Waals surface area contributed by atoms with Gasteiger partial charge in [0.25, 0.3) is 5.56 Å². The van der Waals surface area contributed by atoms with Crippen LogP contribution in [0.25, 0.3) is 21.9 Å². The van der Waals surface area contributed by atoms with Crippen LogP contribution in [0.3, 0.4) is 0 Å². The Morgan fingerprint density at radius 3 is 2.58 bits per heavy atom. The van der Waals surface area contributed by atoms with Crippen LogP contribution in [0.15, 0.2) is 59.7 Å². The number of carbonyl (C=O) groups is 2. The number of pyridine rings is 1. The van der Waals surface area contributed by atoms with Crippen molar-refractivity contribution in [1.29, 1.82) is 5.16 Å². The van der Waals surface area contributed by atoms with Crippen molar-refractivity contribution in [3.8, 4) is 11.5 Å². The highest BCUT2D eigenvalue weighted by Crippen LogP contribution is 2.32. The lowest BCUT2D eigenvalue weighted by atomic mass is 10.1. The summed E-state index contributed by atoms with van der Waals surface area (Å²) in [7, 11) is 0.457. The maximum atomic E-state index is 11.4. The molecule has 9 nitrogen and oxygen atoms in total. The molecule has 2 aromatic heterocycles. The number of hydrogen-bond acceptors (Lipinski definition) is 8. The Morgan fingerprint density at radius 2 is 1.90 bits per heavy atom. The zero-order valence-corrected chi connectivity index (χ0v) is 17.3. The Bertz CT molecular complexity index is 1320. The van der Waals surface area contributed by atoms with E-state index in [-0.39, 0.29) is 18.5 Å². The third kappa shape index (κ3) is 5.15. The molecule has 0 aliphatic heterocycles. The molecule has 0 saturated heterocycles. The predicted octanol–water partition coefficient (Wildman–Crippen LogP) is 3.35. The standard InChI is InChI=1S/C17H11N4O2P.C4H6O3/c18-24-14-6-5-12(10-3-1-2-4-11(10)14)23-13-7-8-19-17-16(13)20-9-15(22)21-17;1-2-7-4(6)3-5/h1-9,18H,(H,19,21,22);3H,2H2,1H3. The summed E-state index contributed by atoms with van der Waals surface area (Å²) in [6.45, 7) is 1.90. The molecule has 31 heavy (non-hydrogen) atoms. The van der Waals surface area contributed by atoms with Gasteiger partial charge in [0.15, 0.2) is 11.4 Å². The molecule has 0 spiro atoms. The first-order chi connectivity index (χ1) is 15.1. The number of aromatic amines is 1. The summed E-state index contributed by atoms with van der Waals surface area (Å²) >= 11 is 0. The van der Waals surface area contributed by atoms with Crippen LogP contribution in [0, 0.1) is 5.16 Å². The van der Waals surface area contributed by atoms with Crippen molar-refractivity contribution in [3.05, 3.63) is 65.2 Å². The lowest BCUT2D eigenvalue weighted by molar-refractivity contribution is -0.148. The van der Waals surface area contributed by atoms with E-state index in [4.69, 9.17) is 9.90 Å². The molecule has 0 amide bonds. The summed E-state index contributed by atoms with van der Waals surface area (Å²) in [4.78, 5) is 41.5. The molecule has 4 rings (SSSR count). The Labute approximate surface area is 177 Å². The average molecular weight is 436 g/mol. The van der Waals surface area contributed by atoms with Crippen molar-refractivity contribution >= 4 is 47.9 Å². The molecule has 2 N–H and O–H groups in total. The predicted molar refractivity (Wildman–Crippen MR) is 116 cm³/mol. The first kappa shape index (κ1) is 21.7. The third-order valence-electron chi connectivity index (χ3n) is 4.02. The fourth-order valence-corrected chi connectivity index (χ4v) is 3.21. The highest BCUT2D eigenvalue weighted by molar-refractivity contribution is 7.36. The van der Waals surface area contributed by atoms with Gasteiger partial charge in [0.05, 0.1) is 12.8 Å². The lowest BCUT2D eigenvalue weighted by Crippen LogP contribution is -2.06. The van der Waals surface area contributed by atoms with Gasteiger partial charge in [-0.05, 0) is 24.4 Å². The number of ether oxygens (including phenoxy) is 2. The van der Waals surface area contributed by atoms with Crippen LogP contribution in [-0.2, 0) is 14.3 Å². The SMILES string of the molecule is CCOC(=O)C=O.N=Pc1ccc(Oc2ccnc3[nH]c(=O)cnc23)c2ccccc12. The molecule has 2 aromatic carbocycles. The molecule has 10 heteroatoms. The number of esters is 1.